The van der Waals surface area contributed by atoms with Crippen molar-refractivity contribution < 1.29 is 29.0 Å². The fraction of sp³-hybridized carbons (Fsp3) is 0.333. The third-order valence-corrected chi connectivity index (χ3v) is 13.1. The molecule has 7 rings (SSSR count). The summed E-state index contributed by atoms with van der Waals surface area (Å²) in [5.74, 6) is -5.36. The third-order valence-electron chi connectivity index (χ3n) is 10.4. The van der Waals surface area contributed by atoms with Gasteiger partial charge in [-0.05, 0) is 108 Å². The van der Waals surface area contributed by atoms with Crippen molar-refractivity contribution in [3.8, 4) is 11.5 Å². The lowest BCUT2D eigenvalue weighted by molar-refractivity contribution is -0.138. The summed E-state index contributed by atoms with van der Waals surface area (Å²) >= 11 is 19.9. The van der Waals surface area contributed by atoms with Gasteiger partial charge in [-0.1, -0.05) is 27.6 Å². The van der Waals surface area contributed by atoms with Gasteiger partial charge in [0.1, 0.15) is 0 Å². The number of phenols is 1. The first-order valence-electron chi connectivity index (χ1n) is 16.0. The number of rotatable bonds is 7. The van der Waals surface area contributed by atoms with Crippen LogP contribution in [-0.2, 0) is 19.2 Å². The van der Waals surface area contributed by atoms with Crippen molar-refractivity contribution in [3.63, 3.8) is 0 Å². The molecule has 2 aliphatic carbocycles. The van der Waals surface area contributed by atoms with Crippen molar-refractivity contribution in [3.05, 3.63) is 81.4 Å². The van der Waals surface area contributed by atoms with Crippen LogP contribution in [0, 0.1) is 21.3 Å². The normalized spacial score (nSPS) is 28.6. The number of allylic oxidation sites excluding steroid dienone is 2. The number of phenolic OH excluding ortho intramolecular Hbond substituents is 1. The number of hydrogen-bond donors (Lipinski definition) is 1. The van der Waals surface area contributed by atoms with E-state index in [1.807, 2.05) is 71.9 Å². The van der Waals surface area contributed by atoms with Crippen LogP contribution in [0.3, 0.4) is 0 Å². The molecule has 1 saturated carbocycles. The Kier molecular flexibility index (Phi) is 9.25. The van der Waals surface area contributed by atoms with Crippen molar-refractivity contribution in [1.82, 2.24) is 4.90 Å². The van der Waals surface area contributed by atoms with Gasteiger partial charge >= 0.3 is 0 Å². The number of imide groups is 2. The van der Waals surface area contributed by atoms with E-state index in [0.29, 0.717) is 31.8 Å². The number of halogens is 4. The Hall–Kier alpha value is -3.53. The number of hydrogen-bond acceptors (Lipinski definition) is 9. The SMILES string of the molecule is COc1cc(C2C3=CCC4C(=O)N(c5ccc(N=Nc6ccc(N(C)C)cc6)cc5)C(=O)C4C3CC3(Cl)C(=O)N(CBr)C(=O)C23Cl)cc(I)c1O. The number of carbonyl (C=O) groups excluding carboxylic acids is 4. The van der Waals surface area contributed by atoms with Crippen LogP contribution in [0.4, 0.5) is 22.7 Å². The molecule has 2 heterocycles. The van der Waals surface area contributed by atoms with E-state index in [9.17, 15) is 24.3 Å². The summed E-state index contributed by atoms with van der Waals surface area (Å²) in [5, 5.41) is 19.2. The van der Waals surface area contributed by atoms with Gasteiger partial charge in [-0.15, -0.1) is 23.2 Å². The Labute approximate surface area is 325 Å². The van der Waals surface area contributed by atoms with E-state index < -0.39 is 51.1 Å². The number of benzene rings is 3. The van der Waals surface area contributed by atoms with Gasteiger partial charge in [0, 0.05) is 25.7 Å². The number of alkyl halides is 3. The van der Waals surface area contributed by atoms with E-state index in [-0.39, 0.29) is 35.7 Å². The summed E-state index contributed by atoms with van der Waals surface area (Å²) in [7, 11) is 5.31. The summed E-state index contributed by atoms with van der Waals surface area (Å²) in [4.78, 5) is 56.6. The van der Waals surface area contributed by atoms with Crippen LogP contribution < -0.4 is 14.5 Å². The third kappa shape index (κ3) is 5.40. The number of nitrogens with zero attached hydrogens (tertiary/aromatic N) is 5. The highest BCUT2D eigenvalue weighted by molar-refractivity contribution is 14.1. The second-order valence-corrected chi connectivity index (χ2v) is 16.1. The molecule has 6 atom stereocenters. The molecule has 3 fully saturated rings. The number of anilines is 2. The van der Waals surface area contributed by atoms with E-state index in [2.05, 4.69) is 26.2 Å². The summed E-state index contributed by atoms with van der Waals surface area (Å²) in [5.41, 5.74) is 3.61. The monoisotopic (exact) mass is 905 g/mol. The van der Waals surface area contributed by atoms with Gasteiger partial charge in [0.15, 0.2) is 21.2 Å². The van der Waals surface area contributed by atoms with E-state index in [1.165, 1.54) is 12.0 Å². The van der Waals surface area contributed by atoms with Crippen LogP contribution in [0.2, 0.25) is 0 Å². The van der Waals surface area contributed by atoms with E-state index in [1.54, 1.807) is 36.4 Å². The van der Waals surface area contributed by atoms with E-state index >= 15 is 0 Å². The van der Waals surface area contributed by atoms with Crippen molar-refractivity contribution in [1.29, 1.82) is 0 Å². The molecule has 1 N–H and O–H groups in total. The molecule has 51 heavy (non-hydrogen) atoms. The predicted octanol–water partition coefficient (Wildman–Crippen LogP) is 7.40. The molecule has 0 bridgehead atoms. The fourth-order valence-electron chi connectivity index (χ4n) is 7.90. The predicted molar refractivity (Wildman–Crippen MR) is 205 cm³/mol. The lowest BCUT2D eigenvalue weighted by Crippen LogP contribution is -2.60. The topological polar surface area (TPSA) is 132 Å². The molecule has 15 heteroatoms. The average molecular weight is 907 g/mol. The zero-order valence-electron chi connectivity index (χ0n) is 27.5. The minimum absolute atomic E-state index is 0.0954. The van der Waals surface area contributed by atoms with Gasteiger partial charge in [0.25, 0.3) is 11.8 Å². The molecule has 4 aliphatic rings. The maximum atomic E-state index is 14.4. The zero-order valence-corrected chi connectivity index (χ0v) is 32.8. The van der Waals surface area contributed by atoms with Crippen LogP contribution in [0.1, 0.15) is 24.3 Å². The van der Waals surface area contributed by atoms with Gasteiger partial charge < -0.3 is 14.7 Å². The lowest BCUT2D eigenvalue weighted by atomic mass is 9.56. The minimum Gasteiger partial charge on any atom is -0.504 e. The molecule has 11 nitrogen and oxygen atoms in total. The molecule has 0 radical (unpaired) electrons. The van der Waals surface area contributed by atoms with Crippen molar-refractivity contribution in [2.75, 3.05) is 36.5 Å². The van der Waals surface area contributed by atoms with Crippen molar-refractivity contribution in [2.24, 2.45) is 28.0 Å². The number of azo groups is 1. The summed E-state index contributed by atoms with van der Waals surface area (Å²) in [6.45, 7) is 0. The Balaban J connectivity index is 1.24. The van der Waals surface area contributed by atoms with Gasteiger partial charge in [-0.3, -0.25) is 29.0 Å². The van der Waals surface area contributed by atoms with Crippen LogP contribution >= 0.6 is 61.7 Å². The van der Waals surface area contributed by atoms with Crippen LogP contribution in [0.25, 0.3) is 0 Å². The quantitative estimate of drug-likeness (QED) is 0.0653. The molecule has 6 unspecified atom stereocenters. The molecule has 0 aromatic heterocycles. The molecule has 0 spiro atoms. The zero-order chi connectivity index (χ0) is 36.6. The standard InChI is InChI=1S/C36H31BrCl2IN5O6/c1-43(2)21-8-4-19(5-9-21)41-42-20-6-10-22(11-7-20)45-31(47)24-13-12-23-25(28(24)32(45)48)16-35(38)33(49)44(17-37)34(50)36(35,39)29(23)18-14-26(40)30(46)27(15-18)51-3/h4-12,14-15,24-25,28-29,46H,13,16-17H2,1-3H3. The molecular formula is C36H31BrCl2IN5O6. The largest absolute Gasteiger partial charge is 0.504 e. The van der Waals surface area contributed by atoms with Gasteiger partial charge in [-0.2, -0.15) is 10.2 Å². The second kappa shape index (κ2) is 13.2. The molecule has 3 aromatic carbocycles. The van der Waals surface area contributed by atoms with E-state index in [0.717, 1.165) is 10.6 Å². The van der Waals surface area contributed by atoms with Crippen LogP contribution in [-0.4, -0.2) is 70.0 Å². The number of fused-ring (bicyclic) bond motifs is 4. The molecule has 4 amide bonds. The maximum Gasteiger partial charge on any atom is 0.254 e. The first kappa shape index (κ1) is 35.9. The van der Waals surface area contributed by atoms with Gasteiger partial charge in [-0.25, -0.2) is 0 Å². The number of amides is 4. The molecule has 264 valence electrons. The number of ether oxygens (including phenoxy) is 1. The molecular weight excluding hydrogens is 876 g/mol. The smallest absolute Gasteiger partial charge is 0.254 e. The van der Waals surface area contributed by atoms with Crippen LogP contribution in [0.15, 0.2) is 82.5 Å². The number of methoxy groups -OCH3 is 1. The van der Waals surface area contributed by atoms with Crippen molar-refractivity contribution >= 4 is 108 Å². The number of aromatic hydroxyl groups is 1. The van der Waals surface area contributed by atoms with E-state index in [4.69, 9.17) is 27.9 Å². The Morgan fingerprint density at radius 1 is 0.961 bits per heavy atom. The highest BCUT2D eigenvalue weighted by Crippen LogP contribution is 2.66. The van der Waals surface area contributed by atoms with Gasteiger partial charge in [0.05, 0.1) is 45.0 Å². The average Bonchev–Trinajstić information content (AvgIpc) is 3.46. The molecule has 3 aromatic rings. The number of likely N-dealkylation sites (tertiary alicyclic amines) is 1. The Bertz CT molecular complexity index is 2050. The van der Waals surface area contributed by atoms with Gasteiger partial charge in [0.2, 0.25) is 11.8 Å². The Morgan fingerprint density at radius 3 is 2.18 bits per heavy atom. The second-order valence-electron chi connectivity index (χ2n) is 13.2. The van der Waals surface area contributed by atoms with Crippen molar-refractivity contribution in [2.45, 2.75) is 28.5 Å². The molecule has 2 saturated heterocycles. The summed E-state index contributed by atoms with van der Waals surface area (Å²) < 4.78 is 5.86. The Morgan fingerprint density at radius 2 is 1.59 bits per heavy atom. The fourth-order valence-corrected chi connectivity index (χ4v) is 9.95. The molecule has 2 aliphatic heterocycles. The van der Waals surface area contributed by atoms with Crippen LogP contribution in [0.5, 0.6) is 11.5 Å². The minimum atomic E-state index is -1.97. The highest BCUT2D eigenvalue weighted by atomic mass is 127. The maximum absolute atomic E-state index is 14.4. The summed E-state index contributed by atoms with van der Waals surface area (Å²) in [6, 6.07) is 17.5. The summed E-state index contributed by atoms with van der Waals surface area (Å²) in [6.07, 6.45) is 1.94. The highest BCUT2D eigenvalue weighted by Gasteiger charge is 2.76. The first-order chi connectivity index (χ1) is 24.3. The lowest BCUT2D eigenvalue weighted by Gasteiger charge is -2.50. The first-order valence-corrected chi connectivity index (χ1v) is 19.0. The number of carbonyl (C=O) groups is 4.